The van der Waals surface area contributed by atoms with E-state index >= 15 is 0 Å². The number of nitrogens with zero attached hydrogens (tertiary/aromatic N) is 3. The maximum Gasteiger partial charge on any atom is 0.163 e. The Bertz CT molecular complexity index is 1050. The minimum absolute atomic E-state index is 0.643. The summed E-state index contributed by atoms with van der Waals surface area (Å²) in [5.41, 5.74) is 2.98. The van der Waals surface area contributed by atoms with Crippen molar-refractivity contribution >= 4 is 28.3 Å². The van der Waals surface area contributed by atoms with Gasteiger partial charge in [-0.2, -0.15) is 0 Å². The summed E-state index contributed by atoms with van der Waals surface area (Å²) < 4.78 is 0. The Morgan fingerprint density at radius 3 is 2.31 bits per heavy atom. The molecule has 0 aliphatic rings. The van der Waals surface area contributed by atoms with Crippen LogP contribution in [0.4, 0.5) is 5.82 Å². The third-order valence-electron chi connectivity index (χ3n) is 4.32. The van der Waals surface area contributed by atoms with Crippen LogP contribution in [0.25, 0.3) is 22.3 Å². The summed E-state index contributed by atoms with van der Waals surface area (Å²) in [7, 11) is 2.05. The Kier molecular flexibility index (Phi) is 4.55. The number of anilines is 1. The van der Waals surface area contributed by atoms with Gasteiger partial charge in [0.25, 0.3) is 0 Å². The molecule has 1 aromatic heterocycles. The van der Waals surface area contributed by atoms with Crippen LogP contribution in [0.15, 0.2) is 78.9 Å². The standard InChI is InChI=1S/C22H18ClN3/c1-26(15-16-9-3-2-4-10-16)22-18-12-6-8-14-20(18)24-21(25-22)17-11-5-7-13-19(17)23/h2-14H,15H2,1H3. The van der Waals surface area contributed by atoms with E-state index in [1.807, 2.05) is 48.5 Å². The number of aromatic nitrogens is 2. The van der Waals surface area contributed by atoms with Crippen LogP contribution in [0.5, 0.6) is 0 Å². The highest BCUT2D eigenvalue weighted by Gasteiger charge is 2.14. The van der Waals surface area contributed by atoms with E-state index in [4.69, 9.17) is 21.6 Å². The SMILES string of the molecule is CN(Cc1ccccc1)c1nc(-c2ccccc2Cl)nc2ccccc12. The van der Waals surface area contributed by atoms with E-state index in [9.17, 15) is 0 Å². The van der Waals surface area contributed by atoms with E-state index in [-0.39, 0.29) is 0 Å². The van der Waals surface area contributed by atoms with Gasteiger partial charge >= 0.3 is 0 Å². The average molecular weight is 360 g/mol. The Morgan fingerprint density at radius 2 is 1.50 bits per heavy atom. The third-order valence-corrected chi connectivity index (χ3v) is 4.65. The van der Waals surface area contributed by atoms with Gasteiger partial charge < -0.3 is 4.90 Å². The smallest absolute Gasteiger partial charge is 0.163 e. The first-order valence-corrected chi connectivity index (χ1v) is 8.87. The summed E-state index contributed by atoms with van der Waals surface area (Å²) >= 11 is 6.38. The van der Waals surface area contributed by atoms with Crippen molar-refractivity contribution in [2.75, 3.05) is 11.9 Å². The van der Waals surface area contributed by atoms with Crippen molar-refractivity contribution in [3.8, 4) is 11.4 Å². The highest BCUT2D eigenvalue weighted by molar-refractivity contribution is 6.33. The fraction of sp³-hybridized carbons (Fsp3) is 0.0909. The van der Waals surface area contributed by atoms with Crippen LogP contribution >= 0.6 is 11.6 Å². The molecule has 3 nitrogen and oxygen atoms in total. The van der Waals surface area contributed by atoms with Gasteiger partial charge in [0.2, 0.25) is 0 Å². The Morgan fingerprint density at radius 1 is 0.808 bits per heavy atom. The van der Waals surface area contributed by atoms with E-state index in [1.165, 1.54) is 5.56 Å². The summed E-state index contributed by atoms with van der Waals surface area (Å²) in [4.78, 5) is 11.7. The van der Waals surface area contributed by atoms with E-state index in [2.05, 4.69) is 42.3 Å². The lowest BCUT2D eigenvalue weighted by molar-refractivity contribution is 0.902. The molecule has 3 aromatic carbocycles. The van der Waals surface area contributed by atoms with Gasteiger partial charge in [0, 0.05) is 24.5 Å². The molecule has 4 rings (SSSR count). The molecule has 0 unspecified atom stereocenters. The number of hydrogen-bond acceptors (Lipinski definition) is 3. The Balaban J connectivity index is 1.83. The summed E-state index contributed by atoms with van der Waals surface area (Å²) in [6.45, 7) is 0.768. The monoisotopic (exact) mass is 359 g/mol. The van der Waals surface area contributed by atoms with E-state index in [0.717, 1.165) is 28.8 Å². The van der Waals surface area contributed by atoms with Crippen molar-refractivity contribution in [3.05, 3.63) is 89.4 Å². The van der Waals surface area contributed by atoms with Crippen LogP contribution in [0.3, 0.4) is 0 Å². The largest absolute Gasteiger partial charge is 0.355 e. The van der Waals surface area contributed by atoms with Gasteiger partial charge in [-0.3, -0.25) is 0 Å². The molecule has 0 atom stereocenters. The molecule has 0 aliphatic carbocycles. The average Bonchev–Trinajstić information content (AvgIpc) is 2.68. The van der Waals surface area contributed by atoms with Crippen LogP contribution < -0.4 is 4.90 Å². The first kappa shape index (κ1) is 16.6. The maximum atomic E-state index is 6.38. The molecule has 1 heterocycles. The molecule has 0 N–H and O–H groups in total. The molecule has 0 amide bonds. The van der Waals surface area contributed by atoms with E-state index in [1.54, 1.807) is 0 Å². The number of rotatable bonds is 4. The van der Waals surface area contributed by atoms with Crippen molar-refractivity contribution in [3.63, 3.8) is 0 Å². The number of fused-ring (bicyclic) bond motifs is 1. The molecule has 0 spiro atoms. The first-order valence-electron chi connectivity index (χ1n) is 8.49. The Hall–Kier alpha value is -2.91. The van der Waals surface area contributed by atoms with Crippen LogP contribution in [0.1, 0.15) is 5.56 Å². The summed E-state index contributed by atoms with van der Waals surface area (Å²) in [5, 5.41) is 1.68. The van der Waals surface area contributed by atoms with Gasteiger partial charge in [-0.15, -0.1) is 0 Å². The minimum Gasteiger partial charge on any atom is -0.355 e. The van der Waals surface area contributed by atoms with Crippen LogP contribution in [-0.2, 0) is 6.54 Å². The molecule has 0 aliphatic heterocycles. The van der Waals surface area contributed by atoms with Gasteiger partial charge in [0.1, 0.15) is 5.82 Å². The molecule has 0 fully saturated rings. The van der Waals surface area contributed by atoms with Crippen molar-refractivity contribution < 1.29 is 0 Å². The second-order valence-electron chi connectivity index (χ2n) is 6.21. The number of hydrogen-bond donors (Lipinski definition) is 0. The lowest BCUT2D eigenvalue weighted by atomic mass is 10.1. The third kappa shape index (κ3) is 3.26. The predicted octanol–water partition coefficient (Wildman–Crippen LogP) is 5.59. The van der Waals surface area contributed by atoms with Gasteiger partial charge in [0.15, 0.2) is 5.82 Å². The quantitative estimate of drug-likeness (QED) is 0.476. The van der Waals surface area contributed by atoms with Crippen LogP contribution in [0.2, 0.25) is 5.02 Å². The molecular weight excluding hydrogens is 342 g/mol. The fourth-order valence-electron chi connectivity index (χ4n) is 3.05. The second-order valence-corrected chi connectivity index (χ2v) is 6.62. The molecule has 0 saturated heterocycles. The molecule has 0 saturated carbocycles. The molecule has 0 radical (unpaired) electrons. The lowest BCUT2D eigenvalue weighted by Gasteiger charge is -2.21. The zero-order valence-corrected chi connectivity index (χ0v) is 15.2. The van der Waals surface area contributed by atoms with Crippen molar-refractivity contribution in [2.24, 2.45) is 0 Å². The number of halogens is 1. The zero-order valence-electron chi connectivity index (χ0n) is 14.4. The Labute approximate surface area is 157 Å². The fourth-order valence-corrected chi connectivity index (χ4v) is 3.27. The molecule has 128 valence electrons. The number of benzene rings is 3. The molecule has 4 heteroatoms. The number of para-hydroxylation sites is 1. The van der Waals surface area contributed by atoms with Crippen LogP contribution in [-0.4, -0.2) is 17.0 Å². The summed E-state index contributed by atoms with van der Waals surface area (Å²) in [5.74, 6) is 1.54. The predicted molar refractivity (Wildman–Crippen MR) is 109 cm³/mol. The minimum atomic E-state index is 0.643. The topological polar surface area (TPSA) is 29.0 Å². The molecule has 4 aromatic rings. The van der Waals surface area contributed by atoms with Gasteiger partial charge in [-0.25, -0.2) is 9.97 Å². The van der Waals surface area contributed by atoms with Crippen molar-refractivity contribution in [1.82, 2.24) is 9.97 Å². The van der Waals surface area contributed by atoms with Gasteiger partial charge in [-0.05, 0) is 29.8 Å². The highest BCUT2D eigenvalue weighted by Crippen LogP contribution is 2.30. The van der Waals surface area contributed by atoms with Crippen molar-refractivity contribution in [1.29, 1.82) is 0 Å². The lowest BCUT2D eigenvalue weighted by Crippen LogP contribution is -2.18. The highest BCUT2D eigenvalue weighted by atomic mass is 35.5. The van der Waals surface area contributed by atoms with E-state index in [0.29, 0.717) is 10.8 Å². The van der Waals surface area contributed by atoms with Gasteiger partial charge in [0.05, 0.1) is 10.5 Å². The molecule has 0 bridgehead atoms. The first-order chi connectivity index (χ1) is 12.7. The van der Waals surface area contributed by atoms with Crippen molar-refractivity contribution in [2.45, 2.75) is 6.54 Å². The normalized spacial score (nSPS) is 10.8. The van der Waals surface area contributed by atoms with E-state index < -0.39 is 0 Å². The van der Waals surface area contributed by atoms with Crippen LogP contribution in [0, 0.1) is 0 Å². The molecular formula is C22H18ClN3. The summed E-state index contributed by atoms with van der Waals surface area (Å²) in [6.07, 6.45) is 0. The zero-order chi connectivity index (χ0) is 17.9. The summed E-state index contributed by atoms with van der Waals surface area (Å²) in [6, 6.07) is 26.1. The maximum absolute atomic E-state index is 6.38. The molecule has 26 heavy (non-hydrogen) atoms. The second kappa shape index (κ2) is 7.14. The van der Waals surface area contributed by atoms with Gasteiger partial charge in [-0.1, -0.05) is 66.2 Å².